The van der Waals surface area contributed by atoms with Gasteiger partial charge in [-0.05, 0) is 41.2 Å². The predicted octanol–water partition coefficient (Wildman–Crippen LogP) is 1.95. The molecule has 0 bridgehead atoms. The van der Waals surface area contributed by atoms with Crippen molar-refractivity contribution >= 4 is 11.5 Å². The molecule has 6 heteroatoms. The van der Waals surface area contributed by atoms with Crippen LogP contribution < -0.4 is 5.32 Å². The first-order valence-corrected chi connectivity index (χ1v) is 6.17. The maximum absolute atomic E-state index is 10.4. The Morgan fingerprint density at radius 3 is 2.94 bits per heavy atom. The highest BCUT2D eigenvalue weighted by Crippen LogP contribution is 2.24. The fraction of sp³-hybridized carbons (Fsp3) is 0.583. The van der Waals surface area contributed by atoms with Crippen molar-refractivity contribution in [1.82, 2.24) is 4.98 Å². The second-order valence-corrected chi connectivity index (χ2v) is 4.73. The highest BCUT2D eigenvalue weighted by Gasteiger charge is 2.19. The summed E-state index contributed by atoms with van der Waals surface area (Å²) in [6.45, 7) is 0.774. The lowest BCUT2D eigenvalue weighted by molar-refractivity contribution is -0.389. The highest BCUT2D eigenvalue weighted by atomic mass is 16.6. The number of aromatic nitrogens is 1. The molecule has 2 rings (SSSR count). The smallest absolute Gasteiger partial charge is 0.363 e. The third kappa shape index (κ3) is 3.40. The molecular formula is C12H17N3O3. The van der Waals surface area contributed by atoms with E-state index in [9.17, 15) is 15.2 Å². The maximum atomic E-state index is 10.4. The molecule has 0 amide bonds. The molecule has 1 aromatic heterocycles. The minimum Gasteiger partial charge on any atom is -0.393 e. The molecule has 1 aliphatic rings. The third-order valence-corrected chi connectivity index (χ3v) is 3.28. The Hall–Kier alpha value is -1.69. The summed E-state index contributed by atoms with van der Waals surface area (Å²) in [7, 11) is 0. The first-order valence-electron chi connectivity index (χ1n) is 6.17. The predicted molar refractivity (Wildman–Crippen MR) is 67.3 cm³/mol. The van der Waals surface area contributed by atoms with Crippen LogP contribution in [0, 0.1) is 16.0 Å². The van der Waals surface area contributed by atoms with E-state index in [2.05, 4.69) is 10.3 Å². The number of nitrogens with one attached hydrogen (secondary N) is 1. The van der Waals surface area contributed by atoms with Gasteiger partial charge in [-0.25, -0.2) is 0 Å². The molecule has 1 aliphatic carbocycles. The Morgan fingerprint density at radius 2 is 2.33 bits per heavy atom. The van der Waals surface area contributed by atoms with E-state index < -0.39 is 4.92 Å². The van der Waals surface area contributed by atoms with E-state index in [0.717, 1.165) is 37.9 Å². The molecule has 0 saturated heterocycles. The standard InChI is InChI=1S/C12H17N3O3/c16-11-3-1-2-9(6-11)7-13-10-4-5-12(14-8-10)15(17)18/h4-5,8-9,11,13,16H,1-3,6-7H2. The number of anilines is 1. The summed E-state index contributed by atoms with van der Waals surface area (Å²) in [5.41, 5.74) is 0.778. The number of nitrogens with zero attached hydrogens (tertiary/aromatic N) is 2. The van der Waals surface area contributed by atoms with E-state index in [1.54, 1.807) is 6.07 Å². The van der Waals surface area contributed by atoms with Crippen molar-refractivity contribution in [1.29, 1.82) is 0 Å². The second kappa shape index (κ2) is 5.77. The largest absolute Gasteiger partial charge is 0.393 e. The van der Waals surface area contributed by atoms with Crippen molar-refractivity contribution in [3.63, 3.8) is 0 Å². The fourth-order valence-electron chi connectivity index (χ4n) is 2.31. The van der Waals surface area contributed by atoms with Gasteiger partial charge in [0.15, 0.2) is 6.20 Å². The molecule has 2 unspecified atom stereocenters. The van der Waals surface area contributed by atoms with Crippen molar-refractivity contribution in [2.24, 2.45) is 5.92 Å². The number of pyridine rings is 1. The zero-order valence-corrected chi connectivity index (χ0v) is 10.1. The average Bonchev–Trinajstić information content (AvgIpc) is 2.37. The van der Waals surface area contributed by atoms with Gasteiger partial charge in [0.1, 0.15) is 0 Å². The molecule has 0 aliphatic heterocycles. The topological polar surface area (TPSA) is 88.3 Å². The summed E-state index contributed by atoms with van der Waals surface area (Å²) in [4.78, 5) is 13.7. The number of hydrogen-bond donors (Lipinski definition) is 2. The Morgan fingerprint density at radius 1 is 1.50 bits per heavy atom. The molecule has 18 heavy (non-hydrogen) atoms. The lowest BCUT2D eigenvalue weighted by atomic mass is 9.87. The lowest BCUT2D eigenvalue weighted by Gasteiger charge is -2.26. The van der Waals surface area contributed by atoms with Crippen LogP contribution in [0.25, 0.3) is 0 Å². The van der Waals surface area contributed by atoms with E-state index >= 15 is 0 Å². The van der Waals surface area contributed by atoms with Crippen molar-refractivity contribution in [2.45, 2.75) is 31.8 Å². The Bertz CT molecular complexity index is 408. The van der Waals surface area contributed by atoms with Crippen molar-refractivity contribution in [2.75, 3.05) is 11.9 Å². The number of hydrogen-bond acceptors (Lipinski definition) is 5. The summed E-state index contributed by atoms with van der Waals surface area (Å²) >= 11 is 0. The first-order chi connectivity index (χ1) is 8.65. The van der Waals surface area contributed by atoms with Gasteiger partial charge in [0.05, 0.1) is 11.8 Å². The summed E-state index contributed by atoms with van der Waals surface area (Å²) in [5, 5.41) is 23.2. The van der Waals surface area contributed by atoms with Gasteiger partial charge in [0.2, 0.25) is 0 Å². The zero-order chi connectivity index (χ0) is 13.0. The van der Waals surface area contributed by atoms with E-state index in [0.29, 0.717) is 5.92 Å². The highest BCUT2D eigenvalue weighted by molar-refractivity contribution is 5.43. The minimum absolute atomic E-state index is 0.145. The number of aliphatic hydroxyl groups is 1. The quantitative estimate of drug-likeness (QED) is 0.630. The van der Waals surface area contributed by atoms with E-state index in [1.165, 1.54) is 12.3 Å². The first kappa shape index (κ1) is 12.8. The van der Waals surface area contributed by atoms with Gasteiger partial charge in [-0.3, -0.25) is 0 Å². The van der Waals surface area contributed by atoms with Gasteiger partial charge < -0.3 is 20.5 Å². The van der Waals surface area contributed by atoms with Crippen LogP contribution >= 0.6 is 0 Å². The van der Waals surface area contributed by atoms with Crippen molar-refractivity contribution in [3.8, 4) is 0 Å². The fourth-order valence-corrected chi connectivity index (χ4v) is 2.31. The van der Waals surface area contributed by atoms with E-state index in [1.807, 2.05) is 0 Å². The van der Waals surface area contributed by atoms with Crippen LogP contribution in [0.2, 0.25) is 0 Å². The lowest BCUT2D eigenvalue weighted by Crippen LogP contribution is -2.25. The normalized spacial score (nSPS) is 23.6. The molecule has 1 aromatic rings. The van der Waals surface area contributed by atoms with Gasteiger partial charge in [0, 0.05) is 12.6 Å². The molecule has 98 valence electrons. The minimum atomic E-state index is -0.513. The number of rotatable bonds is 4. The van der Waals surface area contributed by atoms with Gasteiger partial charge in [0.25, 0.3) is 0 Å². The zero-order valence-electron chi connectivity index (χ0n) is 10.1. The number of nitro groups is 1. The molecule has 6 nitrogen and oxygen atoms in total. The van der Waals surface area contributed by atoms with Gasteiger partial charge in [-0.15, -0.1) is 0 Å². The molecule has 0 radical (unpaired) electrons. The summed E-state index contributed by atoms with van der Waals surface area (Å²) < 4.78 is 0. The third-order valence-electron chi connectivity index (χ3n) is 3.28. The second-order valence-electron chi connectivity index (χ2n) is 4.73. The van der Waals surface area contributed by atoms with Crippen LogP contribution in [0.4, 0.5) is 11.5 Å². The Labute approximate surface area is 105 Å². The molecule has 0 aromatic carbocycles. The molecule has 2 atom stereocenters. The van der Waals surface area contributed by atoms with Crippen LogP contribution in [0.3, 0.4) is 0 Å². The Balaban J connectivity index is 1.84. The monoisotopic (exact) mass is 251 g/mol. The summed E-state index contributed by atoms with van der Waals surface area (Å²) in [6, 6.07) is 3.04. The van der Waals surface area contributed by atoms with Crippen LogP contribution in [0.5, 0.6) is 0 Å². The SMILES string of the molecule is O=[N+]([O-])c1ccc(NCC2CCCC(O)C2)cn1. The number of aliphatic hydroxyl groups excluding tert-OH is 1. The molecular weight excluding hydrogens is 234 g/mol. The van der Waals surface area contributed by atoms with Crippen LogP contribution in [-0.2, 0) is 0 Å². The van der Waals surface area contributed by atoms with E-state index in [4.69, 9.17) is 0 Å². The van der Waals surface area contributed by atoms with Crippen LogP contribution in [0.15, 0.2) is 18.3 Å². The van der Waals surface area contributed by atoms with Gasteiger partial charge in [-0.1, -0.05) is 6.42 Å². The van der Waals surface area contributed by atoms with Crippen molar-refractivity contribution < 1.29 is 10.0 Å². The maximum Gasteiger partial charge on any atom is 0.363 e. The Kier molecular flexibility index (Phi) is 4.09. The summed E-state index contributed by atoms with van der Waals surface area (Å²) in [5.74, 6) is 0.317. The molecule has 1 saturated carbocycles. The molecule has 1 fully saturated rings. The van der Waals surface area contributed by atoms with Crippen molar-refractivity contribution in [3.05, 3.63) is 28.4 Å². The van der Waals surface area contributed by atoms with Gasteiger partial charge in [-0.2, -0.15) is 0 Å². The van der Waals surface area contributed by atoms with Gasteiger partial charge >= 0.3 is 5.82 Å². The van der Waals surface area contributed by atoms with Crippen LogP contribution in [-0.4, -0.2) is 27.7 Å². The molecule has 2 N–H and O–H groups in total. The van der Waals surface area contributed by atoms with E-state index in [-0.39, 0.29) is 11.9 Å². The average molecular weight is 251 g/mol. The summed E-state index contributed by atoms with van der Waals surface area (Å²) in [6.07, 6.45) is 5.19. The molecule has 1 heterocycles. The van der Waals surface area contributed by atoms with Crippen LogP contribution in [0.1, 0.15) is 25.7 Å². The molecule has 0 spiro atoms.